The molecular formula is C11H22N4. The van der Waals surface area contributed by atoms with Crippen LogP contribution in [0.2, 0.25) is 0 Å². The summed E-state index contributed by atoms with van der Waals surface area (Å²) in [6, 6.07) is 0.418. The molecule has 1 rings (SSSR count). The molecule has 15 heavy (non-hydrogen) atoms. The molecule has 86 valence electrons. The normalized spacial score (nSPS) is 13.5. The van der Waals surface area contributed by atoms with Gasteiger partial charge >= 0.3 is 0 Å². The third-order valence-corrected chi connectivity index (χ3v) is 2.74. The van der Waals surface area contributed by atoms with Crippen molar-refractivity contribution in [3.8, 4) is 0 Å². The predicted molar refractivity (Wildman–Crippen MR) is 61.9 cm³/mol. The summed E-state index contributed by atoms with van der Waals surface area (Å²) < 4.78 is 2.05. The van der Waals surface area contributed by atoms with Crippen LogP contribution in [0.5, 0.6) is 0 Å². The van der Waals surface area contributed by atoms with E-state index in [2.05, 4.69) is 42.7 Å². The number of hydrogen-bond acceptors (Lipinski definition) is 3. The Balaban J connectivity index is 3.06. The van der Waals surface area contributed by atoms with Crippen molar-refractivity contribution in [2.75, 3.05) is 6.54 Å². The van der Waals surface area contributed by atoms with Crippen molar-refractivity contribution in [2.45, 2.75) is 52.5 Å². The summed E-state index contributed by atoms with van der Waals surface area (Å²) in [6.45, 7) is 9.33. The van der Waals surface area contributed by atoms with Gasteiger partial charge in [0.15, 0.2) is 0 Å². The molecule has 1 atom stereocenters. The molecular weight excluding hydrogens is 188 g/mol. The fourth-order valence-electron chi connectivity index (χ4n) is 1.74. The van der Waals surface area contributed by atoms with Crippen molar-refractivity contribution in [1.29, 1.82) is 0 Å². The lowest BCUT2D eigenvalue weighted by molar-refractivity contribution is 0.441. The van der Waals surface area contributed by atoms with Crippen LogP contribution in [0, 0.1) is 0 Å². The van der Waals surface area contributed by atoms with Crippen LogP contribution < -0.4 is 5.73 Å². The Labute approximate surface area is 91.9 Å². The van der Waals surface area contributed by atoms with Crippen LogP contribution in [0.15, 0.2) is 0 Å². The summed E-state index contributed by atoms with van der Waals surface area (Å²) in [4.78, 5) is 0. The van der Waals surface area contributed by atoms with Crippen molar-refractivity contribution in [3.05, 3.63) is 11.4 Å². The smallest absolute Gasteiger partial charge is 0.0874 e. The topological polar surface area (TPSA) is 56.7 Å². The van der Waals surface area contributed by atoms with Crippen LogP contribution in [0.1, 0.15) is 57.5 Å². The SMILES string of the molecule is CCC(C)n1nnc(CCN)c1C(C)C. The second kappa shape index (κ2) is 5.26. The first kappa shape index (κ1) is 12.2. The highest BCUT2D eigenvalue weighted by molar-refractivity contribution is 5.15. The van der Waals surface area contributed by atoms with Crippen molar-refractivity contribution in [2.24, 2.45) is 5.73 Å². The first-order chi connectivity index (χ1) is 7.11. The molecule has 0 saturated carbocycles. The summed E-state index contributed by atoms with van der Waals surface area (Å²) >= 11 is 0. The van der Waals surface area contributed by atoms with E-state index in [4.69, 9.17) is 5.73 Å². The number of aromatic nitrogens is 3. The van der Waals surface area contributed by atoms with Crippen LogP contribution in [0.3, 0.4) is 0 Å². The zero-order valence-electron chi connectivity index (χ0n) is 10.2. The van der Waals surface area contributed by atoms with Gasteiger partial charge in [-0.05, 0) is 25.8 Å². The van der Waals surface area contributed by atoms with E-state index in [1.54, 1.807) is 0 Å². The first-order valence-corrected chi connectivity index (χ1v) is 5.75. The third kappa shape index (κ3) is 2.56. The average molecular weight is 210 g/mol. The van der Waals surface area contributed by atoms with E-state index in [0.29, 0.717) is 18.5 Å². The molecule has 1 aromatic heterocycles. The van der Waals surface area contributed by atoms with E-state index in [0.717, 1.165) is 18.5 Å². The predicted octanol–water partition coefficient (Wildman–Crippen LogP) is 1.87. The average Bonchev–Trinajstić information content (AvgIpc) is 2.61. The molecule has 1 heterocycles. The fraction of sp³-hybridized carbons (Fsp3) is 0.818. The van der Waals surface area contributed by atoms with Crippen LogP contribution >= 0.6 is 0 Å². The van der Waals surface area contributed by atoms with E-state index < -0.39 is 0 Å². The van der Waals surface area contributed by atoms with E-state index in [-0.39, 0.29) is 0 Å². The molecule has 1 unspecified atom stereocenters. The van der Waals surface area contributed by atoms with Crippen LogP contribution in [-0.2, 0) is 6.42 Å². The second-order valence-corrected chi connectivity index (χ2v) is 4.32. The van der Waals surface area contributed by atoms with Crippen molar-refractivity contribution >= 4 is 0 Å². The molecule has 2 N–H and O–H groups in total. The van der Waals surface area contributed by atoms with Crippen molar-refractivity contribution in [3.63, 3.8) is 0 Å². The monoisotopic (exact) mass is 210 g/mol. The van der Waals surface area contributed by atoms with E-state index >= 15 is 0 Å². The molecule has 0 radical (unpaired) electrons. The molecule has 0 aliphatic rings. The summed E-state index contributed by atoms with van der Waals surface area (Å²) in [5, 5.41) is 8.47. The minimum absolute atomic E-state index is 0.418. The molecule has 4 nitrogen and oxygen atoms in total. The number of nitrogens with two attached hydrogens (primary N) is 1. The Morgan fingerprint density at radius 1 is 1.33 bits per heavy atom. The Kier molecular flexibility index (Phi) is 4.27. The standard InChI is InChI=1S/C11H22N4/c1-5-9(4)15-11(8(2)3)10(6-7-12)13-14-15/h8-9H,5-7,12H2,1-4H3. The van der Waals surface area contributed by atoms with Gasteiger partial charge in [-0.15, -0.1) is 5.10 Å². The molecule has 0 amide bonds. The van der Waals surface area contributed by atoms with Crippen LogP contribution in [0.4, 0.5) is 0 Å². The first-order valence-electron chi connectivity index (χ1n) is 5.75. The Hall–Kier alpha value is -0.900. The Bertz CT molecular complexity index is 304. The highest BCUT2D eigenvalue weighted by atomic mass is 15.4. The highest BCUT2D eigenvalue weighted by Gasteiger charge is 2.18. The van der Waals surface area contributed by atoms with Gasteiger partial charge in [0, 0.05) is 6.42 Å². The zero-order valence-corrected chi connectivity index (χ0v) is 10.2. The molecule has 0 spiro atoms. The Morgan fingerprint density at radius 2 is 2.00 bits per heavy atom. The maximum Gasteiger partial charge on any atom is 0.0874 e. The second-order valence-electron chi connectivity index (χ2n) is 4.32. The van der Waals surface area contributed by atoms with Crippen molar-refractivity contribution < 1.29 is 0 Å². The molecule has 4 heteroatoms. The number of nitrogens with zero attached hydrogens (tertiary/aromatic N) is 3. The van der Waals surface area contributed by atoms with Gasteiger partial charge in [0.1, 0.15) is 0 Å². The minimum Gasteiger partial charge on any atom is -0.330 e. The molecule has 0 fully saturated rings. The molecule has 1 aromatic rings. The lowest BCUT2D eigenvalue weighted by Crippen LogP contribution is -2.13. The van der Waals surface area contributed by atoms with E-state index in [1.165, 1.54) is 5.69 Å². The number of hydrogen-bond donors (Lipinski definition) is 1. The van der Waals surface area contributed by atoms with Gasteiger partial charge in [0.2, 0.25) is 0 Å². The van der Waals surface area contributed by atoms with Gasteiger partial charge in [0.25, 0.3) is 0 Å². The maximum atomic E-state index is 5.57. The van der Waals surface area contributed by atoms with Gasteiger partial charge in [-0.3, -0.25) is 0 Å². The molecule has 0 aromatic carbocycles. The Morgan fingerprint density at radius 3 is 2.47 bits per heavy atom. The molecule has 0 aliphatic carbocycles. The molecule has 0 saturated heterocycles. The minimum atomic E-state index is 0.418. The fourth-order valence-corrected chi connectivity index (χ4v) is 1.74. The van der Waals surface area contributed by atoms with Gasteiger partial charge < -0.3 is 5.73 Å². The third-order valence-electron chi connectivity index (χ3n) is 2.74. The van der Waals surface area contributed by atoms with E-state index in [1.807, 2.05) is 0 Å². The summed E-state index contributed by atoms with van der Waals surface area (Å²) in [6.07, 6.45) is 1.90. The lowest BCUT2D eigenvalue weighted by atomic mass is 10.1. The summed E-state index contributed by atoms with van der Waals surface area (Å²) in [5.74, 6) is 0.454. The molecule has 0 bridgehead atoms. The quantitative estimate of drug-likeness (QED) is 0.807. The van der Waals surface area contributed by atoms with Gasteiger partial charge in [-0.1, -0.05) is 26.0 Å². The van der Waals surface area contributed by atoms with Gasteiger partial charge in [-0.2, -0.15) is 0 Å². The maximum absolute atomic E-state index is 5.57. The largest absolute Gasteiger partial charge is 0.330 e. The zero-order chi connectivity index (χ0) is 11.4. The molecule has 0 aliphatic heterocycles. The van der Waals surface area contributed by atoms with Gasteiger partial charge in [-0.25, -0.2) is 4.68 Å². The van der Waals surface area contributed by atoms with Gasteiger partial charge in [0.05, 0.1) is 17.4 Å². The summed E-state index contributed by atoms with van der Waals surface area (Å²) in [7, 11) is 0. The lowest BCUT2D eigenvalue weighted by Gasteiger charge is -2.15. The summed E-state index contributed by atoms with van der Waals surface area (Å²) in [5.41, 5.74) is 7.88. The highest BCUT2D eigenvalue weighted by Crippen LogP contribution is 2.22. The van der Waals surface area contributed by atoms with Crippen LogP contribution in [-0.4, -0.2) is 21.5 Å². The number of rotatable bonds is 5. The van der Waals surface area contributed by atoms with Crippen LogP contribution in [0.25, 0.3) is 0 Å². The van der Waals surface area contributed by atoms with Crippen molar-refractivity contribution in [1.82, 2.24) is 15.0 Å². The van der Waals surface area contributed by atoms with E-state index in [9.17, 15) is 0 Å².